The van der Waals surface area contributed by atoms with Crippen LogP contribution in [0.3, 0.4) is 0 Å². The van der Waals surface area contributed by atoms with Crippen LogP contribution in [0.15, 0.2) is 29.4 Å². The van der Waals surface area contributed by atoms with Crippen LogP contribution in [-0.4, -0.2) is 27.2 Å². The highest BCUT2D eigenvalue weighted by Gasteiger charge is 2.12. The fourth-order valence-corrected chi connectivity index (χ4v) is 1.23. The molecule has 0 spiro atoms. The van der Waals surface area contributed by atoms with Gasteiger partial charge in [-0.3, -0.25) is 4.28 Å². The van der Waals surface area contributed by atoms with Crippen molar-refractivity contribution in [1.82, 2.24) is 0 Å². The molecular formula is C10H9FN2O4S. The number of hydrogen-bond acceptors (Lipinski definition) is 6. The molecule has 0 amide bonds. The van der Waals surface area contributed by atoms with Crippen molar-refractivity contribution in [2.24, 2.45) is 5.16 Å². The molecule has 0 aliphatic heterocycles. The summed E-state index contributed by atoms with van der Waals surface area (Å²) in [4.78, 5) is 0. The maximum absolute atomic E-state index is 11.9. The topological polar surface area (TPSA) is 88.8 Å². The van der Waals surface area contributed by atoms with Gasteiger partial charge in [0.25, 0.3) is 0 Å². The zero-order valence-electron chi connectivity index (χ0n) is 9.33. The molecule has 0 fully saturated rings. The molecule has 1 rings (SSSR count). The molecule has 0 unspecified atom stereocenters. The summed E-state index contributed by atoms with van der Waals surface area (Å²) in [5.41, 5.74) is 0.0436. The fraction of sp³-hybridized carbons (Fsp3) is 0.200. The number of halogens is 1. The molecule has 1 aromatic carbocycles. The number of alkyl halides is 1. The number of hydrogen-bond donors (Lipinski definition) is 0. The molecule has 18 heavy (non-hydrogen) atoms. The first kappa shape index (κ1) is 13.9. The Labute approximate surface area is 103 Å². The highest BCUT2D eigenvalue weighted by molar-refractivity contribution is 7.86. The average molecular weight is 272 g/mol. The van der Waals surface area contributed by atoms with Crippen molar-refractivity contribution < 1.29 is 21.8 Å². The van der Waals surface area contributed by atoms with Crippen LogP contribution in [0.4, 0.5) is 4.39 Å². The Bertz CT molecular complexity index is 575. The molecule has 0 aliphatic carbocycles. The Balaban J connectivity index is 2.96. The SMILES string of the molecule is COc1ccc(/C(C#N)=N/OS(=O)(=O)CF)cc1. The smallest absolute Gasteiger partial charge is 0.358 e. The van der Waals surface area contributed by atoms with E-state index in [4.69, 9.17) is 10.00 Å². The van der Waals surface area contributed by atoms with Crippen molar-refractivity contribution in [3.05, 3.63) is 29.8 Å². The van der Waals surface area contributed by atoms with Crippen LogP contribution >= 0.6 is 0 Å². The van der Waals surface area contributed by atoms with E-state index in [2.05, 4.69) is 9.44 Å². The van der Waals surface area contributed by atoms with Crippen molar-refractivity contribution in [1.29, 1.82) is 5.26 Å². The first-order valence-electron chi connectivity index (χ1n) is 4.62. The maximum atomic E-state index is 11.9. The average Bonchev–Trinajstić information content (AvgIpc) is 2.40. The molecule has 0 N–H and O–H groups in total. The standard InChI is InChI=1S/C10H9FN2O4S/c1-16-9-4-2-8(3-5-9)10(6-12)13-17-18(14,15)7-11/h2-5H,7H2,1H3/b13-10+. The minimum absolute atomic E-state index is 0.283. The third-order valence-electron chi connectivity index (χ3n) is 1.85. The molecule has 0 radical (unpaired) electrons. The summed E-state index contributed by atoms with van der Waals surface area (Å²) in [7, 11) is -2.90. The summed E-state index contributed by atoms with van der Waals surface area (Å²) in [6, 6.07) is 6.05. The molecule has 8 heteroatoms. The van der Waals surface area contributed by atoms with Crippen LogP contribution in [0.1, 0.15) is 5.56 Å². The van der Waals surface area contributed by atoms with E-state index in [1.165, 1.54) is 19.2 Å². The van der Waals surface area contributed by atoms with Crippen molar-refractivity contribution in [3.63, 3.8) is 0 Å². The predicted molar refractivity (Wildman–Crippen MR) is 61.1 cm³/mol. The number of methoxy groups -OCH3 is 1. The third kappa shape index (κ3) is 3.71. The predicted octanol–water partition coefficient (Wildman–Crippen LogP) is 1.20. The Morgan fingerprint density at radius 2 is 2.06 bits per heavy atom. The molecule has 0 bridgehead atoms. The normalized spacial score (nSPS) is 11.7. The minimum atomic E-state index is -4.38. The van der Waals surface area contributed by atoms with E-state index in [0.717, 1.165) is 0 Å². The minimum Gasteiger partial charge on any atom is -0.497 e. The lowest BCUT2D eigenvalue weighted by molar-refractivity contribution is 0.327. The fourth-order valence-electron chi connectivity index (χ4n) is 1.00. The first-order valence-corrected chi connectivity index (χ1v) is 6.20. The highest BCUT2D eigenvalue weighted by Crippen LogP contribution is 2.12. The summed E-state index contributed by atoms with van der Waals surface area (Å²) in [5.74, 6) is 0.563. The largest absolute Gasteiger partial charge is 0.497 e. The lowest BCUT2D eigenvalue weighted by Crippen LogP contribution is -2.06. The summed E-state index contributed by atoms with van der Waals surface area (Å²) >= 11 is 0. The van der Waals surface area contributed by atoms with E-state index in [0.29, 0.717) is 11.3 Å². The van der Waals surface area contributed by atoms with Crippen LogP contribution in [0.2, 0.25) is 0 Å². The molecule has 1 aromatic rings. The van der Waals surface area contributed by atoms with Gasteiger partial charge >= 0.3 is 10.1 Å². The van der Waals surface area contributed by atoms with Gasteiger partial charge in [-0.2, -0.15) is 13.7 Å². The molecule has 0 heterocycles. The summed E-state index contributed by atoms with van der Waals surface area (Å²) in [5, 5.41) is 11.9. The maximum Gasteiger partial charge on any atom is 0.358 e. The van der Waals surface area contributed by atoms with Crippen molar-refractivity contribution in [3.8, 4) is 11.8 Å². The van der Waals surface area contributed by atoms with Gasteiger partial charge in [0.05, 0.1) is 7.11 Å². The second-order valence-corrected chi connectivity index (χ2v) is 4.50. The first-order chi connectivity index (χ1) is 8.52. The number of nitrogens with zero attached hydrogens (tertiary/aromatic N) is 2. The van der Waals surface area contributed by atoms with Gasteiger partial charge in [0.2, 0.25) is 6.01 Å². The summed E-state index contributed by atoms with van der Waals surface area (Å²) < 4.78 is 42.3. The second kappa shape index (κ2) is 5.97. The van der Waals surface area contributed by atoms with E-state index < -0.39 is 16.1 Å². The molecular weight excluding hydrogens is 263 g/mol. The van der Waals surface area contributed by atoms with Gasteiger partial charge in [-0.1, -0.05) is 5.16 Å². The zero-order valence-corrected chi connectivity index (χ0v) is 10.1. The second-order valence-electron chi connectivity index (χ2n) is 3.02. The highest BCUT2D eigenvalue weighted by atomic mass is 32.2. The van der Waals surface area contributed by atoms with E-state index in [9.17, 15) is 12.8 Å². The van der Waals surface area contributed by atoms with Gasteiger partial charge in [0, 0.05) is 5.56 Å². The summed E-state index contributed by atoms with van der Waals surface area (Å²) in [6.45, 7) is 0. The van der Waals surface area contributed by atoms with Gasteiger partial charge in [0.1, 0.15) is 11.8 Å². The number of rotatable bonds is 5. The van der Waals surface area contributed by atoms with Crippen molar-refractivity contribution in [2.75, 3.05) is 13.1 Å². The lowest BCUT2D eigenvalue weighted by atomic mass is 10.1. The molecule has 0 atom stereocenters. The van der Waals surface area contributed by atoms with Crippen LogP contribution in [0.25, 0.3) is 0 Å². The molecule has 0 saturated heterocycles. The number of oxime groups is 1. The van der Waals surface area contributed by atoms with E-state index in [-0.39, 0.29) is 5.71 Å². The Morgan fingerprint density at radius 3 is 2.50 bits per heavy atom. The molecule has 96 valence electrons. The van der Waals surface area contributed by atoms with E-state index in [1.54, 1.807) is 18.2 Å². The number of ether oxygens (including phenoxy) is 1. The van der Waals surface area contributed by atoms with E-state index >= 15 is 0 Å². The molecule has 0 aliphatic rings. The Hall–Kier alpha value is -2.14. The quantitative estimate of drug-likeness (QED) is 0.593. The molecule has 0 saturated carbocycles. The zero-order chi connectivity index (χ0) is 13.6. The van der Waals surface area contributed by atoms with Gasteiger partial charge in [-0.15, -0.1) is 0 Å². The van der Waals surface area contributed by atoms with Crippen molar-refractivity contribution in [2.45, 2.75) is 0 Å². The Kier molecular flexibility index (Phi) is 4.62. The van der Waals surface area contributed by atoms with Gasteiger partial charge in [-0.25, -0.2) is 4.39 Å². The van der Waals surface area contributed by atoms with Crippen molar-refractivity contribution >= 4 is 15.8 Å². The molecule has 6 nitrogen and oxygen atoms in total. The van der Waals surface area contributed by atoms with Gasteiger partial charge in [0.15, 0.2) is 5.71 Å². The van der Waals surface area contributed by atoms with Crippen LogP contribution in [0, 0.1) is 11.3 Å². The van der Waals surface area contributed by atoms with Crippen LogP contribution < -0.4 is 4.74 Å². The van der Waals surface area contributed by atoms with Gasteiger partial charge < -0.3 is 4.74 Å². The van der Waals surface area contributed by atoms with Crippen LogP contribution in [-0.2, 0) is 14.4 Å². The number of benzene rings is 1. The van der Waals surface area contributed by atoms with E-state index in [1.807, 2.05) is 0 Å². The Morgan fingerprint density at radius 1 is 1.44 bits per heavy atom. The van der Waals surface area contributed by atoms with Crippen LogP contribution in [0.5, 0.6) is 5.75 Å². The monoisotopic (exact) mass is 272 g/mol. The van der Waals surface area contributed by atoms with Gasteiger partial charge in [-0.05, 0) is 24.3 Å². The summed E-state index contributed by atoms with van der Waals surface area (Å²) in [6.07, 6.45) is 0. The number of nitriles is 1. The third-order valence-corrected chi connectivity index (χ3v) is 2.41. The lowest BCUT2D eigenvalue weighted by Gasteiger charge is -2.01. The molecule has 0 aromatic heterocycles.